The molecule has 0 bridgehead atoms. The fourth-order valence-corrected chi connectivity index (χ4v) is 7.04. The predicted molar refractivity (Wildman–Crippen MR) is 246 cm³/mol. The van der Waals surface area contributed by atoms with Crippen LogP contribution in [-0.2, 0) is 33.3 Å². The van der Waals surface area contributed by atoms with Crippen LogP contribution in [0.5, 0.6) is 0 Å². The molecule has 2 unspecified atom stereocenters. The lowest BCUT2D eigenvalue weighted by Gasteiger charge is -2.26. The summed E-state index contributed by atoms with van der Waals surface area (Å²) in [7, 11) is 5.91. The highest BCUT2D eigenvalue weighted by Gasteiger charge is 2.21. The first-order valence-corrected chi connectivity index (χ1v) is 25.0. The van der Waals surface area contributed by atoms with E-state index in [1.165, 1.54) is 135 Å². The van der Waals surface area contributed by atoms with Gasteiger partial charge in [0.15, 0.2) is 12.4 Å². The Balaban J connectivity index is 4.33. The molecule has 0 aliphatic rings. The summed E-state index contributed by atoms with van der Waals surface area (Å²) >= 11 is 0. The maximum atomic E-state index is 12.8. The molecule has 0 aliphatic heterocycles. The summed E-state index contributed by atoms with van der Waals surface area (Å²) in [6.07, 6.45) is 44.9. The van der Waals surface area contributed by atoms with E-state index in [1.807, 2.05) is 21.1 Å². The summed E-state index contributed by atoms with van der Waals surface area (Å²) in [5, 5.41) is 11.7. The van der Waals surface area contributed by atoms with Gasteiger partial charge in [0.1, 0.15) is 13.2 Å². The van der Waals surface area contributed by atoms with E-state index < -0.39 is 24.3 Å². The highest BCUT2D eigenvalue weighted by molar-refractivity contribution is 5.70. The summed E-state index contributed by atoms with van der Waals surface area (Å²) in [5.41, 5.74) is 0. The van der Waals surface area contributed by atoms with Gasteiger partial charge in [-0.2, -0.15) is 0 Å². The summed E-state index contributed by atoms with van der Waals surface area (Å²) in [6.45, 7) is 4.73. The lowest BCUT2D eigenvalue weighted by atomic mass is 10.0. The zero-order chi connectivity index (χ0) is 44.2. The largest absolute Gasteiger partial charge is 0.545 e. The molecule has 0 N–H and O–H groups in total. The van der Waals surface area contributed by atoms with Crippen LogP contribution in [0.1, 0.15) is 226 Å². The molecule has 9 nitrogen and oxygen atoms in total. The Bertz CT molecular complexity index is 1040. The normalized spacial score (nSPS) is 13.0. The third kappa shape index (κ3) is 43.8. The van der Waals surface area contributed by atoms with Crippen LogP contribution < -0.4 is 5.11 Å². The van der Waals surface area contributed by atoms with Gasteiger partial charge >= 0.3 is 11.9 Å². The number of hydrogen-bond acceptors (Lipinski definition) is 8. The Labute approximate surface area is 369 Å². The van der Waals surface area contributed by atoms with Gasteiger partial charge in [0.05, 0.1) is 40.3 Å². The number of esters is 2. The zero-order valence-corrected chi connectivity index (χ0v) is 39.8. The summed E-state index contributed by atoms with van der Waals surface area (Å²) in [4.78, 5) is 37.1. The van der Waals surface area contributed by atoms with Crippen molar-refractivity contribution < 1.29 is 42.9 Å². The molecule has 9 heteroatoms. The minimum absolute atomic E-state index is 0.147. The molecule has 0 saturated carbocycles. The molecular weight excluding hydrogens is 755 g/mol. The van der Waals surface area contributed by atoms with E-state index in [2.05, 4.69) is 38.2 Å². The van der Waals surface area contributed by atoms with Crippen LogP contribution in [-0.4, -0.2) is 82.3 Å². The predicted octanol–water partition coefficient (Wildman–Crippen LogP) is 12.3. The maximum Gasteiger partial charge on any atom is 0.306 e. The molecule has 0 aromatic rings. The number of allylic oxidation sites excluding steroid dienone is 4. The van der Waals surface area contributed by atoms with E-state index in [-0.39, 0.29) is 32.2 Å². The fraction of sp³-hybridized carbons (Fsp3) is 0.863. The molecule has 0 saturated heterocycles. The standard InChI is InChI=1S/C51H95NO8/c1-6-8-10-12-14-16-18-20-22-23-24-25-26-28-29-31-33-35-37-39-41-48(53)58-45-47(46-59-51(50(55)56)57-44-43-52(3,4)5)60-49(54)42-40-38-36-34-32-30-27-21-19-17-15-13-11-9-7-2/h15,17,21,27,47,51H,6-14,16,18-20,22-26,28-46H2,1-5H3/b17-15-,27-21-. The first-order valence-electron chi connectivity index (χ1n) is 25.0. The number of nitrogens with zero attached hydrogens (tertiary/aromatic N) is 1. The van der Waals surface area contributed by atoms with Gasteiger partial charge in [0.25, 0.3) is 0 Å². The third-order valence-electron chi connectivity index (χ3n) is 11.0. The molecule has 0 heterocycles. The molecule has 0 radical (unpaired) electrons. The van der Waals surface area contributed by atoms with Crippen LogP contribution >= 0.6 is 0 Å². The highest BCUT2D eigenvalue weighted by Crippen LogP contribution is 2.16. The average Bonchev–Trinajstić information content (AvgIpc) is 3.21. The number of aliphatic carboxylic acids is 1. The van der Waals surface area contributed by atoms with Gasteiger partial charge in [-0.15, -0.1) is 0 Å². The molecule has 0 fully saturated rings. The Morgan fingerprint density at radius 1 is 0.500 bits per heavy atom. The molecule has 0 aromatic heterocycles. The van der Waals surface area contributed by atoms with Crippen LogP contribution in [0.15, 0.2) is 24.3 Å². The molecule has 0 aliphatic carbocycles. The van der Waals surface area contributed by atoms with Crippen molar-refractivity contribution >= 4 is 17.9 Å². The lowest BCUT2D eigenvalue weighted by molar-refractivity contribution is -0.870. The smallest absolute Gasteiger partial charge is 0.306 e. The van der Waals surface area contributed by atoms with Gasteiger partial charge in [-0.25, -0.2) is 0 Å². The van der Waals surface area contributed by atoms with Crippen molar-refractivity contribution in [1.29, 1.82) is 0 Å². The Morgan fingerprint density at radius 2 is 0.900 bits per heavy atom. The van der Waals surface area contributed by atoms with Crippen LogP contribution in [0.25, 0.3) is 0 Å². The monoisotopic (exact) mass is 850 g/mol. The molecule has 2 atom stereocenters. The number of unbranched alkanes of at least 4 members (excludes halogenated alkanes) is 27. The quantitative estimate of drug-likeness (QED) is 0.0196. The van der Waals surface area contributed by atoms with Crippen LogP contribution in [0, 0.1) is 0 Å². The van der Waals surface area contributed by atoms with E-state index in [1.54, 1.807) is 0 Å². The zero-order valence-electron chi connectivity index (χ0n) is 39.8. The number of carbonyl (C=O) groups is 3. The number of likely N-dealkylation sites (N-methyl/N-ethyl adjacent to an activating group) is 1. The molecule has 0 aromatic carbocycles. The number of quaternary nitrogens is 1. The molecule has 60 heavy (non-hydrogen) atoms. The molecule has 0 spiro atoms. The minimum Gasteiger partial charge on any atom is -0.545 e. The minimum atomic E-state index is -1.62. The van der Waals surface area contributed by atoms with E-state index in [9.17, 15) is 19.5 Å². The van der Waals surface area contributed by atoms with Gasteiger partial charge in [0.2, 0.25) is 0 Å². The fourth-order valence-electron chi connectivity index (χ4n) is 7.04. The van der Waals surface area contributed by atoms with Crippen LogP contribution in [0.4, 0.5) is 0 Å². The molecule has 0 rings (SSSR count). The third-order valence-corrected chi connectivity index (χ3v) is 11.0. The highest BCUT2D eigenvalue weighted by atomic mass is 16.7. The van der Waals surface area contributed by atoms with E-state index in [0.717, 1.165) is 57.8 Å². The number of carboxylic acids is 1. The van der Waals surface area contributed by atoms with Crippen molar-refractivity contribution in [2.45, 2.75) is 238 Å². The lowest BCUT2D eigenvalue weighted by Crippen LogP contribution is -2.44. The Morgan fingerprint density at radius 3 is 1.35 bits per heavy atom. The second-order valence-electron chi connectivity index (χ2n) is 18.1. The van der Waals surface area contributed by atoms with Crippen LogP contribution in [0.2, 0.25) is 0 Å². The topological polar surface area (TPSA) is 111 Å². The number of ether oxygens (including phenoxy) is 4. The van der Waals surface area contributed by atoms with Crippen molar-refractivity contribution in [1.82, 2.24) is 0 Å². The Hall–Kier alpha value is -2.23. The van der Waals surface area contributed by atoms with Crippen LogP contribution in [0.3, 0.4) is 0 Å². The maximum absolute atomic E-state index is 12.8. The summed E-state index contributed by atoms with van der Waals surface area (Å²) < 4.78 is 22.6. The van der Waals surface area contributed by atoms with Gasteiger partial charge < -0.3 is 33.3 Å². The van der Waals surface area contributed by atoms with Crippen molar-refractivity contribution in [3.05, 3.63) is 24.3 Å². The van der Waals surface area contributed by atoms with Gasteiger partial charge in [-0.3, -0.25) is 9.59 Å². The molecular formula is C51H95NO8. The van der Waals surface area contributed by atoms with Crippen molar-refractivity contribution in [3.63, 3.8) is 0 Å². The first kappa shape index (κ1) is 57.8. The average molecular weight is 850 g/mol. The summed E-state index contributed by atoms with van der Waals surface area (Å²) in [5.74, 6) is -2.29. The SMILES string of the molecule is CCCCC/C=C\C/C=C\CCCCCCCC(=O)OC(COC(=O)CCCCCCCCCCCCCCCCCCCCCC)COC(OCC[N+](C)(C)C)C(=O)[O-]. The van der Waals surface area contributed by atoms with Gasteiger partial charge in [0, 0.05) is 12.8 Å². The number of carboxylic acid groups (broad SMARTS) is 1. The van der Waals surface area contributed by atoms with Crippen molar-refractivity contribution in [3.8, 4) is 0 Å². The number of hydrogen-bond donors (Lipinski definition) is 0. The van der Waals surface area contributed by atoms with Crippen molar-refractivity contribution in [2.75, 3.05) is 47.5 Å². The van der Waals surface area contributed by atoms with E-state index in [4.69, 9.17) is 18.9 Å². The van der Waals surface area contributed by atoms with Gasteiger partial charge in [-0.05, 0) is 44.9 Å². The number of carbonyl (C=O) groups excluding carboxylic acids is 3. The van der Waals surface area contributed by atoms with Gasteiger partial charge in [-0.1, -0.05) is 192 Å². The first-order chi connectivity index (χ1) is 29.1. The summed E-state index contributed by atoms with van der Waals surface area (Å²) in [6, 6.07) is 0. The van der Waals surface area contributed by atoms with Crippen molar-refractivity contribution in [2.24, 2.45) is 0 Å². The molecule has 0 amide bonds. The Kier molecular flexibility index (Phi) is 41.8. The molecule has 352 valence electrons. The van der Waals surface area contributed by atoms with E-state index >= 15 is 0 Å². The second-order valence-corrected chi connectivity index (χ2v) is 18.1. The second kappa shape index (κ2) is 43.4. The van der Waals surface area contributed by atoms with E-state index in [0.29, 0.717) is 23.9 Å². The number of rotatable bonds is 46.